The molecule has 1 atom stereocenters. The van der Waals surface area contributed by atoms with Gasteiger partial charge < -0.3 is 9.47 Å². The lowest BCUT2D eigenvalue weighted by molar-refractivity contribution is -0.143. The van der Waals surface area contributed by atoms with Gasteiger partial charge in [-0.15, -0.1) is 0 Å². The number of aryl methyl sites for hydroxylation is 1. The fourth-order valence-electron chi connectivity index (χ4n) is 4.82. The minimum absolute atomic E-state index is 0.0358. The molecular weight excluding hydrogens is 384 g/mol. The first-order chi connectivity index (χ1) is 15.2. The van der Waals surface area contributed by atoms with Gasteiger partial charge in [0.05, 0.1) is 6.61 Å². The maximum atomic E-state index is 11.7. The highest BCUT2D eigenvalue weighted by Crippen LogP contribution is 2.36. The van der Waals surface area contributed by atoms with E-state index in [0.717, 1.165) is 23.3 Å². The predicted octanol–water partition coefficient (Wildman–Crippen LogP) is 7.16. The monoisotopic (exact) mass is 418 g/mol. The summed E-state index contributed by atoms with van der Waals surface area (Å²) in [5.41, 5.74) is 4.97. The molecule has 0 saturated heterocycles. The Hall–Kier alpha value is -2.55. The number of benzene rings is 2. The van der Waals surface area contributed by atoms with Crippen molar-refractivity contribution in [3.63, 3.8) is 0 Å². The Labute approximate surface area is 186 Å². The zero-order valence-electron chi connectivity index (χ0n) is 18.6. The Morgan fingerprint density at radius 2 is 1.84 bits per heavy atom. The Kier molecular flexibility index (Phi) is 7.45. The molecule has 1 aliphatic heterocycles. The molecule has 2 aliphatic rings. The van der Waals surface area contributed by atoms with Crippen LogP contribution >= 0.6 is 0 Å². The Morgan fingerprint density at radius 3 is 2.65 bits per heavy atom. The van der Waals surface area contributed by atoms with Crippen LogP contribution in [0.4, 0.5) is 0 Å². The summed E-state index contributed by atoms with van der Waals surface area (Å²) in [5, 5.41) is 0. The molecule has 0 bridgehead atoms. The number of fused-ring (bicyclic) bond motifs is 1. The van der Waals surface area contributed by atoms with Crippen LogP contribution in [0.15, 0.2) is 48.5 Å². The average molecular weight is 419 g/mol. The van der Waals surface area contributed by atoms with Crippen molar-refractivity contribution in [2.24, 2.45) is 0 Å². The SMILES string of the molecule is CCOC(=O)CCc1ccc2c(c1)C=CCC(c1cccc(C3CCCCCC3)c1)O2. The Balaban J connectivity index is 1.46. The van der Waals surface area contributed by atoms with Gasteiger partial charge >= 0.3 is 5.97 Å². The zero-order valence-corrected chi connectivity index (χ0v) is 18.6. The lowest BCUT2D eigenvalue weighted by Crippen LogP contribution is -2.08. The number of hydrogen-bond donors (Lipinski definition) is 0. The van der Waals surface area contributed by atoms with Gasteiger partial charge in [-0.05, 0) is 60.9 Å². The molecule has 0 amide bonds. The van der Waals surface area contributed by atoms with Crippen molar-refractivity contribution in [1.82, 2.24) is 0 Å². The Bertz CT molecular complexity index is 906. The highest BCUT2D eigenvalue weighted by atomic mass is 16.5. The van der Waals surface area contributed by atoms with Crippen molar-refractivity contribution in [2.45, 2.75) is 76.7 Å². The van der Waals surface area contributed by atoms with Crippen molar-refractivity contribution >= 4 is 12.0 Å². The van der Waals surface area contributed by atoms with E-state index in [1.54, 1.807) is 0 Å². The van der Waals surface area contributed by atoms with Crippen LogP contribution in [0.2, 0.25) is 0 Å². The van der Waals surface area contributed by atoms with E-state index in [1.807, 2.05) is 13.0 Å². The first-order valence-electron chi connectivity index (χ1n) is 11.9. The third kappa shape index (κ3) is 5.78. The fraction of sp³-hybridized carbons (Fsp3) is 0.464. The van der Waals surface area contributed by atoms with Crippen LogP contribution in [0.25, 0.3) is 6.08 Å². The molecule has 1 saturated carbocycles. The number of hydrogen-bond acceptors (Lipinski definition) is 3. The van der Waals surface area contributed by atoms with Crippen LogP contribution in [0.3, 0.4) is 0 Å². The summed E-state index contributed by atoms with van der Waals surface area (Å²) in [6.45, 7) is 2.27. The number of ether oxygens (including phenoxy) is 2. The van der Waals surface area contributed by atoms with Crippen molar-refractivity contribution in [1.29, 1.82) is 0 Å². The normalized spacial score (nSPS) is 19.1. The van der Waals surface area contributed by atoms with Gasteiger partial charge in [0.25, 0.3) is 0 Å². The first kappa shape index (κ1) is 21.7. The molecular formula is C28H34O3. The van der Waals surface area contributed by atoms with Gasteiger partial charge in [0, 0.05) is 18.4 Å². The molecule has 164 valence electrons. The molecule has 1 heterocycles. The predicted molar refractivity (Wildman–Crippen MR) is 125 cm³/mol. The highest BCUT2D eigenvalue weighted by molar-refractivity contribution is 5.70. The Morgan fingerprint density at radius 1 is 1.03 bits per heavy atom. The maximum Gasteiger partial charge on any atom is 0.306 e. The molecule has 0 N–H and O–H groups in total. The number of esters is 1. The maximum absolute atomic E-state index is 11.7. The minimum Gasteiger partial charge on any atom is -0.485 e. The summed E-state index contributed by atoms with van der Waals surface area (Å²) < 4.78 is 11.5. The molecule has 0 aromatic heterocycles. The summed E-state index contributed by atoms with van der Waals surface area (Å²) in [6, 6.07) is 15.3. The lowest BCUT2D eigenvalue weighted by atomic mass is 9.90. The quantitative estimate of drug-likeness (QED) is 0.369. The molecule has 0 spiro atoms. The van der Waals surface area contributed by atoms with Crippen LogP contribution in [-0.2, 0) is 16.0 Å². The zero-order chi connectivity index (χ0) is 21.5. The summed E-state index contributed by atoms with van der Waals surface area (Å²) in [5.74, 6) is 1.47. The second kappa shape index (κ2) is 10.7. The summed E-state index contributed by atoms with van der Waals surface area (Å²) in [7, 11) is 0. The van der Waals surface area contributed by atoms with Gasteiger partial charge in [-0.25, -0.2) is 0 Å². The smallest absolute Gasteiger partial charge is 0.306 e. The first-order valence-corrected chi connectivity index (χ1v) is 11.9. The van der Waals surface area contributed by atoms with E-state index >= 15 is 0 Å². The molecule has 1 fully saturated rings. The van der Waals surface area contributed by atoms with Crippen LogP contribution < -0.4 is 4.74 Å². The standard InChI is InChI=1S/C28H34O3/c1-2-30-28(29)18-16-21-15-17-27-24(19-21)13-8-14-26(31-27)25-12-7-11-23(20-25)22-9-5-3-4-6-10-22/h7-8,11-13,15,17,19-20,22,26H,2-6,9-10,14,16,18H2,1H3. The third-order valence-electron chi connectivity index (χ3n) is 6.52. The highest BCUT2D eigenvalue weighted by Gasteiger charge is 2.20. The van der Waals surface area contributed by atoms with E-state index in [-0.39, 0.29) is 12.1 Å². The van der Waals surface area contributed by atoms with Gasteiger partial charge in [0.15, 0.2) is 0 Å². The molecule has 3 heteroatoms. The molecule has 2 aromatic carbocycles. The minimum atomic E-state index is -0.141. The molecule has 31 heavy (non-hydrogen) atoms. The second-order valence-electron chi connectivity index (χ2n) is 8.78. The van der Waals surface area contributed by atoms with Gasteiger partial charge in [-0.1, -0.05) is 68.2 Å². The van der Waals surface area contributed by atoms with Crippen LogP contribution in [-0.4, -0.2) is 12.6 Å². The second-order valence-corrected chi connectivity index (χ2v) is 8.78. The number of rotatable bonds is 6. The van der Waals surface area contributed by atoms with E-state index in [4.69, 9.17) is 9.47 Å². The summed E-state index contributed by atoms with van der Waals surface area (Å²) in [6.07, 6.45) is 14.4. The van der Waals surface area contributed by atoms with Crippen molar-refractivity contribution in [3.05, 3.63) is 70.8 Å². The van der Waals surface area contributed by atoms with E-state index < -0.39 is 0 Å². The molecule has 1 aliphatic carbocycles. The van der Waals surface area contributed by atoms with E-state index in [1.165, 1.54) is 49.7 Å². The molecule has 0 radical (unpaired) electrons. The van der Waals surface area contributed by atoms with Gasteiger partial charge in [-0.3, -0.25) is 4.79 Å². The van der Waals surface area contributed by atoms with Gasteiger partial charge in [0.2, 0.25) is 0 Å². The van der Waals surface area contributed by atoms with Gasteiger partial charge in [0.1, 0.15) is 11.9 Å². The van der Waals surface area contributed by atoms with Crippen LogP contribution in [0.1, 0.15) is 92.6 Å². The summed E-state index contributed by atoms with van der Waals surface area (Å²) in [4.78, 5) is 11.7. The molecule has 3 nitrogen and oxygen atoms in total. The van der Waals surface area contributed by atoms with Crippen molar-refractivity contribution in [2.75, 3.05) is 6.61 Å². The number of carbonyl (C=O) groups is 1. The average Bonchev–Trinajstić information content (AvgIpc) is 3.19. The summed E-state index contributed by atoms with van der Waals surface area (Å²) >= 11 is 0. The topological polar surface area (TPSA) is 35.5 Å². The van der Waals surface area contributed by atoms with E-state index in [9.17, 15) is 4.79 Å². The largest absolute Gasteiger partial charge is 0.485 e. The fourth-order valence-corrected chi connectivity index (χ4v) is 4.82. The van der Waals surface area contributed by atoms with Crippen LogP contribution in [0, 0.1) is 0 Å². The van der Waals surface area contributed by atoms with Crippen molar-refractivity contribution in [3.8, 4) is 5.75 Å². The van der Waals surface area contributed by atoms with E-state index in [2.05, 4.69) is 48.6 Å². The lowest BCUT2D eigenvalue weighted by Gasteiger charge is -2.21. The third-order valence-corrected chi connectivity index (χ3v) is 6.52. The van der Waals surface area contributed by atoms with Crippen LogP contribution in [0.5, 0.6) is 5.75 Å². The van der Waals surface area contributed by atoms with E-state index in [0.29, 0.717) is 25.4 Å². The van der Waals surface area contributed by atoms with Crippen molar-refractivity contribution < 1.29 is 14.3 Å². The van der Waals surface area contributed by atoms with Gasteiger partial charge in [-0.2, -0.15) is 0 Å². The molecule has 1 unspecified atom stereocenters. The molecule has 2 aromatic rings. The number of carbonyl (C=O) groups excluding carboxylic acids is 1. The molecule has 4 rings (SSSR count).